The molecule has 168 valence electrons. The lowest BCUT2D eigenvalue weighted by Gasteiger charge is -2.16. The van der Waals surface area contributed by atoms with Gasteiger partial charge in [-0.15, -0.1) is 0 Å². The van der Waals surface area contributed by atoms with Crippen molar-refractivity contribution in [1.82, 2.24) is 5.32 Å². The second-order valence-electron chi connectivity index (χ2n) is 7.79. The Hall–Kier alpha value is -2.83. The lowest BCUT2D eigenvalue weighted by Crippen LogP contribution is -2.27. The first-order valence-corrected chi connectivity index (χ1v) is 12.3. The van der Waals surface area contributed by atoms with Crippen LogP contribution in [0.15, 0.2) is 65.6 Å². The zero-order chi connectivity index (χ0) is 23.5. The van der Waals surface area contributed by atoms with Crippen molar-refractivity contribution in [3.05, 3.63) is 93.5 Å². The molecule has 1 unspecified atom stereocenters. The van der Waals surface area contributed by atoms with Gasteiger partial charge in [-0.2, -0.15) is 0 Å². The summed E-state index contributed by atoms with van der Waals surface area (Å²) in [4.78, 5) is 12.7. The average Bonchev–Trinajstić information content (AvgIpc) is 2.77. The second-order valence-corrected chi connectivity index (χ2v) is 9.85. The lowest BCUT2D eigenvalue weighted by molar-refractivity contribution is 0.0939. The molecule has 0 radical (unpaired) electrons. The summed E-state index contributed by atoms with van der Waals surface area (Å²) in [7, 11) is -3.99. The van der Waals surface area contributed by atoms with E-state index in [1.54, 1.807) is 12.1 Å². The number of hydrogen-bond acceptors (Lipinski definition) is 3. The number of sulfonamides is 1. The first kappa shape index (κ1) is 23.8. The molecule has 5 nitrogen and oxygen atoms in total. The van der Waals surface area contributed by atoms with Gasteiger partial charge in [-0.05, 0) is 73.7 Å². The van der Waals surface area contributed by atoms with Gasteiger partial charge in [-0.3, -0.25) is 9.52 Å². The number of nitrogens with one attached hydrogen (secondary N) is 2. The van der Waals surface area contributed by atoms with Gasteiger partial charge in [0.15, 0.2) is 0 Å². The number of anilines is 1. The molecule has 3 aromatic rings. The highest BCUT2D eigenvalue weighted by atomic mass is 35.5. The average molecular weight is 471 g/mol. The maximum atomic E-state index is 13.0. The van der Waals surface area contributed by atoms with Gasteiger partial charge < -0.3 is 5.32 Å². The van der Waals surface area contributed by atoms with Crippen LogP contribution in [0.5, 0.6) is 0 Å². The van der Waals surface area contributed by atoms with Gasteiger partial charge in [-0.25, -0.2) is 8.42 Å². The standard InChI is InChI=1S/C25H27ClN2O3S/c1-5-19-9-11-20(12-10-19)18(4)27-25(29)21-13-14-22(26)24(15-21)32(30,31)28-23-8-6-7-16(2)17(23)3/h6-15,18,28H,5H2,1-4H3,(H,27,29). The van der Waals surface area contributed by atoms with Crippen molar-refractivity contribution in [1.29, 1.82) is 0 Å². The predicted molar refractivity (Wildman–Crippen MR) is 130 cm³/mol. The van der Waals surface area contributed by atoms with Gasteiger partial charge in [0.2, 0.25) is 0 Å². The lowest BCUT2D eigenvalue weighted by atomic mass is 10.0. The number of amides is 1. The largest absolute Gasteiger partial charge is 0.346 e. The van der Waals surface area contributed by atoms with Gasteiger partial charge in [0.25, 0.3) is 15.9 Å². The van der Waals surface area contributed by atoms with Crippen LogP contribution in [0.25, 0.3) is 0 Å². The third-order valence-corrected chi connectivity index (χ3v) is 7.41. The fourth-order valence-electron chi connectivity index (χ4n) is 3.32. The molecular weight excluding hydrogens is 444 g/mol. The van der Waals surface area contributed by atoms with Crippen LogP contribution in [0, 0.1) is 13.8 Å². The normalized spacial score (nSPS) is 12.3. The summed E-state index contributed by atoms with van der Waals surface area (Å²) in [6.45, 7) is 7.71. The van der Waals surface area contributed by atoms with Crippen molar-refractivity contribution >= 4 is 33.2 Å². The number of carbonyl (C=O) groups is 1. The first-order valence-electron chi connectivity index (χ1n) is 10.4. The van der Waals surface area contributed by atoms with Crippen molar-refractivity contribution in [2.45, 2.75) is 45.1 Å². The molecular formula is C25H27ClN2O3S. The van der Waals surface area contributed by atoms with Crippen LogP contribution in [0.4, 0.5) is 5.69 Å². The van der Waals surface area contributed by atoms with E-state index in [1.807, 2.05) is 51.1 Å². The number of aryl methyl sites for hydroxylation is 2. The summed E-state index contributed by atoms with van der Waals surface area (Å²) >= 11 is 6.20. The third kappa shape index (κ3) is 5.31. The Labute approximate surface area is 194 Å². The van der Waals surface area contributed by atoms with Crippen LogP contribution in [0.1, 0.15) is 52.5 Å². The molecule has 0 spiro atoms. The van der Waals surface area contributed by atoms with E-state index < -0.39 is 10.0 Å². The van der Waals surface area contributed by atoms with E-state index in [9.17, 15) is 13.2 Å². The minimum absolute atomic E-state index is 0.0440. The number of hydrogen-bond donors (Lipinski definition) is 2. The molecule has 0 aliphatic heterocycles. The molecule has 32 heavy (non-hydrogen) atoms. The van der Waals surface area contributed by atoms with Crippen LogP contribution >= 0.6 is 11.6 Å². The van der Waals surface area contributed by atoms with E-state index >= 15 is 0 Å². The topological polar surface area (TPSA) is 75.3 Å². The number of rotatable bonds is 7. The summed E-state index contributed by atoms with van der Waals surface area (Å²) in [5.41, 5.74) is 4.66. The number of benzene rings is 3. The molecule has 0 aromatic heterocycles. The smallest absolute Gasteiger partial charge is 0.263 e. The van der Waals surface area contributed by atoms with E-state index in [2.05, 4.69) is 17.0 Å². The summed E-state index contributed by atoms with van der Waals surface area (Å²) < 4.78 is 28.7. The Morgan fingerprint density at radius 2 is 1.72 bits per heavy atom. The van der Waals surface area contributed by atoms with Crippen molar-refractivity contribution < 1.29 is 13.2 Å². The molecule has 7 heteroatoms. The van der Waals surface area contributed by atoms with Crippen molar-refractivity contribution in [3.8, 4) is 0 Å². The number of carbonyl (C=O) groups excluding carboxylic acids is 1. The molecule has 0 saturated heterocycles. The van der Waals surface area contributed by atoms with Gasteiger partial charge in [-0.1, -0.05) is 54.9 Å². The van der Waals surface area contributed by atoms with Gasteiger partial charge in [0, 0.05) is 5.56 Å². The number of halogens is 1. The Bertz CT molecular complexity index is 1240. The zero-order valence-electron chi connectivity index (χ0n) is 18.6. The fourth-order valence-corrected chi connectivity index (χ4v) is 4.97. The van der Waals surface area contributed by atoms with Crippen LogP contribution in [-0.4, -0.2) is 14.3 Å². The maximum Gasteiger partial charge on any atom is 0.263 e. The van der Waals surface area contributed by atoms with E-state index in [4.69, 9.17) is 11.6 Å². The summed E-state index contributed by atoms with van der Waals surface area (Å²) in [6.07, 6.45) is 0.944. The summed E-state index contributed by atoms with van der Waals surface area (Å²) in [6, 6.07) is 17.4. The zero-order valence-corrected chi connectivity index (χ0v) is 20.1. The molecule has 0 fully saturated rings. The minimum atomic E-state index is -3.99. The Morgan fingerprint density at radius 1 is 1.03 bits per heavy atom. The second kappa shape index (κ2) is 9.76. The van der Waals surface area contributed by atoms with Crippen LogP contribution < -0.4 is 10.0 Å². The molecule has 3 aromatic carbocycles. The highest BCUT2D eigenvalue weighted by molar-refractivity contribution is 7.92. The highest BCUT2D eigenvalue weighted by Gasteiger charge is 2.22. The molecule has 0 aliphatic carbocycles. The fraction of sp³-hybridized carbons (Fsp3) is 0.240. The Morgan fingerprint density at radius 3 is 2.38 bits per heavy atom. The van der Waals surface area contributed by atoms with Gasteiger partial charge in [0.05, 0.1) is 16.8 Å². The summed E-state index contributed by atoms with van der Waals surface area (Å²) in [5, 5.41) is 2.96. The monoisotopic (exact) mass is 470 g/mol. The van der Waals surface area contributed by atoms with Gasteiger partial charge in [0.1, 0.15) is 4.90 Å². The van der Waals surface area contributed by atoms with E-state index in [0.717, 1.165) is 23.1 Å². The maximum absolute atomic E-state index is 13.0. The molecule has 0 saturated carbocycles. The molecule has 2 N–H and O–H groups in total. The van der Waals surface area contributed by atoms with Crippen LogP contribution in [0.3, 0.4) is 0 Å². The molecule has 3 rings (SSSR count). The first-order chi connectivity index (χ1) is 15.1. The van der Waals surface area contributed by atoms with Crippen LogP contribution in [0.2, 0.25) is 5.02 Å². The Balaban J connectivity index is 1.83. The van der Waals surface area contributed by atoms with Crippen molar-refractivity contribution in [2.75, 3.05) is 4.72 Å². The predicted octanol–water partition coefficient (Wildman–Crippen LogP) is 5.81. The minimum Gasteiger partial charge on any atom is -0.346 e. The molecule has 0 bridgehead atoms. The SMILES string of the molecule is CCc1ccc(C(C)NC(=O)c2ccc(Cl)c(S(=O)(=O)Nc3cccc(C)c3C)c2)cc1. The molecule has 1 atom stereocenters. The summed E-state index contributed by atoms with van der Waals surface area (Å²) in [5.74, 6) is -0.378. The van der Waals surface area contributed by atoms with Gasteiger partial charge >= 0.3 is 0 Å². The highest BCUT2D eigenvalue weighted by Crippen LogP contribution is 2.27. The molecule has 1 amide bonds. The molecule has 0 heterocycles. The third-order valence-electron chi connectivity index (χ3n) is 5.57. The van der Waals surface area contributed by atoms with Crippen molar-refractivity contribution in [2.24, 2.45) is 0 Å². The molecule has 0 aliphatic rings. The van der Waals surface area contributed by atoms with E-state index in [0.29, 0.717) is 5.69 Å². The van der Waals surface area contributed by atoms with Crippen LogP contribution in [-0.2, 0) is 16.4 Å². The van der Waals surface area contributed by atoms with Crippen molar-refractivity contribution in [3.63, 3.8) is 0 Å². The Kier molecular flexibility index (Phi) is 7.26. The van der Waals surface area contributed by atoms with E-state index in [1.165, 1.54) is 23.8 Å². The quantitative estimate of drug-likeness (QED) is 0.457. The van der Waals surface area contributed by atoms with E-state index in [-0.39, 0.29) is 27.4 Å².